The van der Waals surface area contributed by atoms with Crippen LogP contribution in [0.2, 0.25) is 0 Å². The van der Waals surface area contributed by atoms with Gasteiger partial charge in [-0.2, -0.15) is 0 Å². The lowest BCUT2D eigenvalue weighted by Gasteiger charge is -2.15. The minimum Gasteiger partial charge on any atom is -0.508 e. The van der Waals surface area contributed by atoms with E-state index in [1.54, 1.807) is 12.1 Å². The lowest BCUT2D eigenvalue weighted by atomic mass is 10.3. The predicted molar refractivity (Wildman–Crippen MR) is 64.6 cm³/mol. The summed E-state index contributed by atoms with van der Waals surface area (Å²) < 4.78 is 0. The third-order valence-electron chi connectivity index (χ3n) is 2.69. The van der Waals surface area contributed by atoms with E-state index in [1.165, 1.54) is 11.8 Å². The second kappa shape index (κ2) is 4.78. The lowest BCUT2D eigenvalue weighted by Crippen LogP contribution is -2.30. The molecule has 16 heavy (non-hydrogen) atoms. The molecular formula is C12H15NO2S. The number of phenolic OH excluding ortho intramolecular Hbond substituents is 1. The molecule has 1 saturated carbocycles. The smallest absolute Gasteiger partial charge is 0.232 e. The number of phenols is 1. The van der Waals surface area contributed by atoms with Crippen LogP contribution in [-0.4, -0.2) is 34.8 Å². The maximum absolute atomic E-state index is 11.7. The van der Waals surface area contributed by atoms with Gasteiger partial charge in [-0.25, -0.2) is 0 Å². The van der Waals surface area contributed by atoms with Crippen molar-refractivity contribution in [2.24, 2.45) is 0 Å². The van der Waals surface area contributed by atoms with Gasteiger partial charge in [-0.1, -0.05) is 0 Å². The second-order valence-corrected chi connectivity index (χ2v) is 5.07. The Balaban J connectivity index is 1.82. The molecule has 0 atom stereocenters. The van der Waals surface area contributed by atoms with Gasteiger partial charge in [-0.3, -0.25) is 4.79 Å². The minimum atomic E-state index is 0.181. The Morgan fingerprint density at radius 1 is 1.44 bits per heavy atom. The van der Waals surface area contributed by atoms with Gasteiger partial charge < -0.3 is 10.0 Å². The van der Waals surface area contributed by atoms with Gasteiger partial charge in [0.25, 0.3) is 0 Å². The van der Waals surface area contributed by atoms with Crippen LogP contribution in [0.25, 0.3) is 0 Å². The van der Waals surface area contributed by atoms with E-state index >= 15 is 0 Å². The summed E-state index contributed by atoms with van der Waals surface area (Å²) in [5.74, 6) is 0.906. The Morgan fingerprint density at radius 2 is 2.06 bits per heavy atom. The Morgan fingerprint density at radius 3 is 2.62 bits per heavy atom. The number of hydrogen-bond donors (Lipinski definition) is 1. The van der Waals surface area contributed by atoms with Gasteiger partial charge in [0.15, 0.2) is 0 Å². The molecule has 0 saturated heterocycles. The highest BCUT2D eigenvalue weighted by molar-refractivity contribution is 8.00. The van der Waals surface area contributed by atoms with E-state index in [0.29, 0.717) is 11.8 Å². The molecular weight excluding hydrogens is 222 g/mol. The zero-order chi connectivity index (χ0) is 11.5. The first-order valence-electron chi connectivity index (χ1n) is 5.34. The van der Waals surface area contributed by atoms with E-state index in [2.05, 4.69) is 0 Å². The van der Waals surface area contributed by atoms with Crippen LogP contribution >= 0.6 is 11.8 Å². The Labute approximate surface area is 99.5 Å². The number of thioether (sulfide) groups is 1. The summed E-state index contributed by atoms with van der Waals surface area (Å²) in [6.45, 7) is 0. The molecule has 0 unspecified atom stereocenters. The van der Waals surface area contributed by atoms with Crippen molar-refractivity contribution in [2.45, 2.75) is 23.8 Å². The molecule has 1 aliphatic carbocycles. The third-order valence-corrected chi connectivity index (χ3v) is 3.68. The summed E-state index contributed by atoms with van der Waals surface area (Å²) in [5.41, 5.74) is 0. The topological polar surface area (TPSA) is 40.5 Å². The molecule has 2 rings (SSSR count). The van der Waals surface area contributed by atoms with Gasteiger partial charge in [0, 0.05) is 18.0 Å². The number of carbonyl (C=O) groups excluding carboxylic acids is 1. The number of aromatic hydroxyl groups is 1. The third kappa shape index (κ3) is 2.92. The zero-order valence-corrected chi connectivity index (χ0v) is 10.0. The second-order valence-electron chi connectivity index (χ2n) is 4.02. The van der Waals surface area contributed by atoms with Crippen molar-refractivity contribution in [3.8, 4) is 5.75 Å². The number of amides is 1. The van der Waals surface area contributed by atoms with Crippen LogP contribution in [0.3, 0.4) is 0 Å². The Hall–Kier alpha value is -1.16. The van der Waals surface area contributed by atoms with E-state index in [0.717, 1.165) is 17.7 Å². The van der Waals surface area contributed by atoms with Gasteiger partial charge in [-0.05, 0) is 37.1 Å². The Kier molecular flexibility index (Phi) is 3.39. The fraction of sp³-hybridized carbons (Fsp3) is 0.417. The van der Waals surface area contributed by atoms with Gasteiger partial charge in [-0.15, -0.1) is 11.8 Å². The van der Waals surface area contributed by atoms with E-state index in [9.17, 15) is 4.79 Å². The molecule has 1 aromatic rings. The maximum Gasteiger partial charge on any atom is 0.232 e. The quantitative estimate of drug-likeness (QED) is 0.815. The lowest BCUT2D eigenvalue weighted by molar-refractivity contribution is -0.127. The van der Waals surface area contributed by atoms with Crippen molar-refractivity contribution in [2.75, 3.05) is 12.8 Å². The van der Waals surface area contributed by atoms with Crippen molar-refractivity contribution >= 4 is 17.7 Å². The standard InChI is InChI=1S/C12H15NO2S/c1-13(9-2-3-9)12(15)8-16-11-6-4-10(14)5-7-11/h4-7,9,14H,2-3,8H2,1H3. The van der Waals surface area contributed by atoms with E-state index in [-0.39, 0.29) is 11.7 Å². The highest BCUT2D eigenvalue weighted by Gasteiger charge is 2.29. The van der Waals surface area contributed by atoms with Crippen LogP contribution in [0, 0.1) is 0 Å². The molecule has 1 aromatic carbocycles. The van der Waals surface area contributed by atoms with Crippen LogP contribution < -0.4 is 0 Å². The SMILES string of the molecule is CN(C(=O)CSc1ccc(O)cc1)C1CC1. The highest BCUT2D eigenvalue weighted by Crippen LogP contribution is 2.27. The van der Waals surface area contributed by atoms with Gasteiger partial charge in [0.1, 0.15) is 5.75 Å². The summed E-state index contributed by atoms with van der Waals surface area (Å²) in [6.07, 6.45) is 2.29. The average molecular weight is 237 g/mol. The van der Waals surface area contributed by atoms with Gasteiger partial charge >= 0.3 is 0 Å². The van der Waals surface area contributed by atoms with Crippen molar-refractivity contribution in [1.82, 2.24) is 4.90 Å². The van der Waals surface area contributed by atoms with Crippen molar-refractivity contribution in [3.05, 3.63) is 24.3 Å². The summed E-state index contributed by atoms with van der Waals surface area (Å²) >= 11 is 1.51. The zero-order valence-electron chi connectivity index (χ0n) is 9.22. The van der Waals surface area contributed by atoms with E-state index in [1.807, 2.05) is 24.1 Å². The molecule has 1 fully saturated rings. The Bertz CT molecular complexity index is 373. The van der Waals surface area contributed by atoms with E-state index < -0.39 is 0 Å². The summed E-state index contributed by atoms with van der Waals surface area (Å²) in [5, 5.41) is 9.12. The molecule has 86 valence electrons. The van der Waals surface area contributed by atoms with Crippen LogP contribution in [0.4, 0.5) is 0 Å². The van der Waals surface area contributed by atoms with Crippen LogP contribution in [0.15, 0.2) is 29.2 Å². The van der Waals surface area contributed by atoms with Crippen molar-refractivity contribution in [1.29, 1.82) is 0 Å². The fourth-order valence-corrected chi connectivity index (χ4v) is 2.28. The van der Waals surface area contributed by atoms with Crippen molar-refractivity contribution < 1.29 is 9.90 Å². The molecule has 0 spiro atoms. The molecule has 1 amide bonds. The highest BCUT2D eigenvalue weighted by atomic mass is 32.2. The predicted octanol–water partition coefficient (Wildman–Crippen LogP) is 2.11. The summed E-state index contributed by atoms with van der Waals surface area (Å²) in [7, 11) is 1.87. The summed E-state index contributed by atoms with van der Waals surface area (Å²) in [4.78, 5) is 14.6. The number of hydrogen-bond acceptors (Lipinski definition) is 3. The fourth-order valence-electron chi connectivity index (χ4n) is 1.45. The first kappa shape index (κ1) is 11.3. The molecule has 0 radical (unpaired) electrons. The molecule has 0 heterocycles. The van der Waals surface area contributed by atoms with E-state index in [4.69, 9.17) is 5.11 Å². The first-order valence-corrected chi connectivity index (χ1v) is 6.33. The first-order chi connectivity index (χ1) is 7.66. The normalized spacial score (nSPS) is 14.8. The molecule has 0 bridgehead atoms. The molecule has 0 aliphatic heterocycles. The minimum absolute atomic E-state index is 0.181. The number of carbonyl (C=O) groups is 1. The molecule has 1 N–H and O–H groups in total. The molecule has 4 heteroatoms. The van der Waals surface area contributed by atoms with Crippen LogP contribution in [0.1, 0.15) is 12.8 Å². The number of benzene rings is 1. The molecule has 1 aliphatic rings. The number of rotatable bonds is 4. The van der Waals surface area contributed by atoms with Crippen LogP contribution in [0.5, 0.6) is 5.75 Å². The number of nitrogens with zero attached hydrogens (tertiary/aromatic N) is 1. The monoisotopic (exact) mass is 237 g/mol. The average Bonchev–Trinajstić information content (AvgIpc) is 3.11. The van der Waals surface area contributed by atoms with Crippen LogP contribution in [-0.2, 0) is 4.79 Å². The largest absolute Gasteiger partial charge is 0.508 e. The maximum atomic E-state index is 11.7. The van der Waals surface area contributed by atoms with Crippen molar-refractivity contribution in [3.63, 3.8) is 0 Å². The van der Waals surface area contributed by atoms with Gasteiger partial charge in [0.2, 0.25) is 5.91 Å². The summed E-state index contributed by atoms with van der Waals surface area (Å²) in [6, 6.07) is 7.40. The molecule has 3 nitrogen and oxygen atoms in total. The molecule has 0 aromatic heterocycles. The van der Waals surface area contributed by atoms with Gasteiger partial charge in [0.05, 0.1) is 5.75 Å².